The molecule has 0 aromatic carbocycles. The van der Waals surface area contributed by atoms with Crippen molar-refractivity contribution < 1.29 is 0 Å². The molecule has 2 heterocycles. The summed E-state index contributed by atoms with van der Waals surface area (Å²) in [6, 6.07) is 0. The number of hydrogen-bond donors (Lipinski definition) is 0. The molecule has 2 rings (SSSR count). The lowest BCUT2D eigenvalue weighted by atomic mass is 10.1. The molecule has 0 N–H and O–H groups in total. The predicted octanol–water partition coefficient (Wildman–Crippen LogP) is 4.42. The second-order valence-electron chi connectivity index (χ2n) is 5.06. The summed E-state index contributed by atoms with van der Waals surface area (Å²) in [6.45, 7) is 5.71. The molecule has 102 valence electrons. The van der Waals surface area contributed by atoms with Crippen LogP contribution in [0.1, 0.15) is 46.0 Å². The Kier molecular flexibility index (Phi) is 5.49. The normalized spacial score (nSPS) is 27.8. The fraction of sp³-hybridized carbons (Fsp3) is 0.786. The second-order valence-corrected chi connectivity index (χ2v) is 8.41. The van der Waals surface area contributed by atoms with Gasteiger partial charge < -0.3 is 4.57 Å². The number of imidazole rings is 1. The van der Waals surface area contributed by atoms with Gasteiger partial charge in [0.05, 0.1) is 10.4 Å². The topological polar surface area (TPSA) is 17.8 Å². The van der Waals surface area contributed by atoms with E-state index in [1.807, 2.05) is 12.5 Å². The Morgan fingerprint density at radius 3 is 2.89 bits per heavy atom. The first kappa shape index (κ1) is 14.3. The van der Waals surface area contributed by atoms with Crippen LogP contribution in [0.25, 0.3) is 0 Å². The van der Waals surface area contributed by atoms with E-state index < -0.39 is 0 Å². The van der Waals surface area contributed by atoms with Crippen molar-refractivity contribution in [2.75, 3.05) is 5.75 Å². The first-order valence-corrected chi connectivity index (χ1v) is 8.92. The number of nitrogens with zero attached hydrogens (tertiary/aromatic N) is 2. The molecule has 1 saturated heterocycles. The molecule has 1 aliphatic heterocycles. The zero-order valence-corrected chi connectivity index (χ0v) is 13.1. The lowest BCUT2D eigenvalue weighted by molar-refractivity contribution is 0.554. The minimum absolute atomic E-state index is 0.399. The van der Waals surface area contributed by atoms with E-state index in [1.165, 1.54) is 37.9 Å². The molecule has 0 aliphatic carbocycles. The van der Waals surface area contributed by atoms with Crippen LogP contribution in [0.3, 0.4) is 0 Å². The predicted molar refractivity (Wildman–Crippen MR) is 83.2 cm³/mol. The van der Waals surface area contributed by atoms with Crippen molar-refractivity contribution in [3.8, 4) is 0 Å². The first-order valence-electron chi connectivity index (χ1n) is 7.05. The number of unbranched alkanes of at least 4 members (excludes halogenated alkanes) is 2. The molecule has 1 aromatic heterocycles. The van der Waals surface area contributed by atoms with Gasteiger partial charge in [-0.2, -0.15) is 0 Å². The molecule has 4 heteroatoms. The van der Waals surface area contributed by atoms with E-state index in [9.17, 15) is 0 Å². The lowest BCUT2D eigenvalue weighted by Gasteiger charge is -2.28. The number of rotatable bonds is 7. The summed E-state index contributed by atoms with van der Waals surface area (Å²) in [6.07, 6.45) is 12.6. The number of aromatic nitrogens is 2. The molecule has 1 fully saturated rings. The molecule has 2 nitrogen and oxygen atoms in total. The molecule has 0 spiro atoms. The summed E-state index contributed by atoms with van der Waals surface area (Å²) < 4.78 is 2.65. The lowest BCUT2D eigenvalue weighted by Crippen LogP contribution is -2.24. The maximum absolute atomic E-state index is 4.18. The molecular formula is C14H24N2S2. The van der Waals surface area contributed by atoms with Gasteiger partial charge in [-0.1, -0.05) is 33.1 Å². The Bertz CT molecular complexity index is 340. The Morgan fingerprint density at radius 1 is 1.39 bits per heavy atom. The number of thioether (sulfide) groups is 2. The van der Waals surface area contributed by atoms with Crippen molar-refractivity contribution in [3.05, 3.63) is 18.7 Å². The van der Waals surface area contributed by atoms with Crippen LogP contribution in [0.4, 0.5) is 0 Å². The molecule has 0 bridgehead atoms. The average Bonchev–Trinajstić information content (AvgIpc) is 3.00. The fourth-order valence-electron chi connectivity index (χ4n) is 2.41. The van der Waals surface area contributed by atoms with Crippen molar-refractivity contribution in [1.29, 1.82) is 0 Å². The summed E-state index contributed by atoms with van der Waals surface area (Å²) >= 11 is 4.41. The highest BCUT2D eigenvalue weighted by Crippen LogP contribution is 2.52. The summed E-state index contributed by atoms with van der Waals surface area (Å²) in [5.41, 5.74) is 0. The van der Waals surface area contributed by atoms with Crippen LogP contribution in [-0.2, 0) is 6.54 Å². The van der Waals surface area contributed by atoms with Crippen molar-refractivity contribution in [1.82, 2.24) is 9.55 Å². The molecule has 18 heavy (non-hydrogen) atoms. The third-order valence-electron chi connectivity index (χ3n) is 3.51. The Hall–Kier alpha value is -0.0900. The van der Waals surface area contributed by atoms with Gasteiger partial charge in [0.2, 0.25) is 0 Å². The summed E-state index contributed by atoms with van der Waals surface area (Å²) in [4.78, 5) is 4.18. The van der Waals surface area contributed by atoms with E-state index in [1.54, 1.807) is 0 Å². The van der Waals surface area contributed by atoms with Crippen LogP contribution < -0.4 is 0 Å². The van der Waals surface area contributed by atoms with Gasteiger partial charge in [-0.15, -0.1) is 23.5 Å². The molecule has 0 amide bonds. The standard InChI is InChI=1S/C14H24N2S2/c1-3-5-6-7-14(11-16-9-8-15-12-16)17-10-13(4-2)18-14/h8-9,12-13H,3-7,10-11H2,1-2H3. The third-order valence-corrected chi connectivity index (χ3v) is 7.39. The van der Waals surface area contributed by atoms with Gasteiger partial charge in [-0.05, 0) is 12.8 Å². The van der Waals surface area contributed by atoms with Gasteiger partial charge in [-0.3, -0.25) is 0 Å². The fourth-order valence-corrected chi connectivity index (χ4v) is 6.29. The maximum Gasteiger partial charge on any atom is 0.0946 e. The van der Waals surface area contributed by atoms with Gasteiger partial charge in [-0.25, -0.2) is 4.98 Å². The zero-order valence-electron chi connectivity index (χ0n) is 11.5. The zero-order chi connectivity index (χ0) is 12.8. The highest BCUT2D eigenvalue weighted by atomic mass is 32.2. The minimum Gasteiger partial charge on any atom is -0.335 e. The van der Waals surface area contributed by atoms with Gasteiger partial charge in [0.25, 0.3) is 0 Å². The summed E-state index contributed by atoms with van der Waals surface area (Å²) in [5.74, 6) is 1.32. The van der Waals surface area contributed by atoms with Gasteiger partial charge in [0, 0.05) is 29.9 Å². The van der Waals surface area contributed by atoms with E-state index >= 15 is 0 Å². The smallest absolute Gasteiger partial charge is 0.0946 e. The van der Waals surface area contributed by atoms with Gasteiger partial charge in [0.15, 0.2) is 0 Å². The summed E-state index contributed by atoms with van der Waals surface area (Å²) in [7, 11) is 0. The monoisotopic (exact) mass is 284 g/mol. The van der Waals surface area contributed by atoms with Crippen LogP contribution in [0.2, 0.25) is 0 Å². The Balaban J connectivity index is 1.98. The highest BCUT2D eigenvalue weighted by molar-refractivity contribution is 8.21. The molecular weight excluding hydrogens is 260 g/mol. The van der Waals surface area contributed by atoms with E-state index in [0.29, 0.717) is 4.08 Å². The van der Waals surface area contributed by atoms with E-state index in [-0.39, 0.29) is 0 Å². The van der Waals surface area contributed by atoms with Crippen LogP contribution in [-0.4, -0.2) is 24.6 Å². The van der Waals surface area contributed by atoms with E-state index in [4.69, 9.17) is 0 Å². The van der Waals surface area contributed by atoms with Crippen molar-refractivity contribution in [2.45, 2.75) is 61.8 Å². The first-order chi connectivity index (χ1) is 8.78. The molecule has 0 radical (unpaired) electrons. The molecule has 2 unspecified atom stereocenters. The molecule has 0 saturated carbocycles. The van der Waals surface area contributed by atoms with Gasteiger partial charge >= 0.3 is 0 Å². The Labute approximate surface area is 119 Å². The quantitative estimate of drug-likeness (QED) is 0.690. The van der Waals surface area contributed by atoms with Crippen LogP contribution in [0.15, 0.2) is 18.7 Å². The third kappa shape index (κ3) is 3.70. The maximum atomic E-state index is 4.18. The van der Waals surface area contributed by atoms with Crippen LogP contribution in [0.5, 0.6) is 0 Å². The molecule has 2 atom stereocenters. The van der Waals surface area contributed by atoms with Gasteiger partial charge in [0.1, 0.15) is 0 Å². The Morgan fingerprint density at radius 2 is 2.28 bits per heavy atom. The van der Waals surface area contributed by atoms with Crippen molar-refractivity contribution >= 4 is 23.5 Å². The highest BCUT2D eigenvalue weighted by Gasteiger charge is 2.39. The van der Waals surface area contributed by atoms with E-state index in [0.717, 1.165) is 11.8 Å². The minimum atomic E-state index is 0.399. The average molecular weight is 284 g/mol. The van der Waals surface area contributed by atoms with Crippen LogP contribution in [0, 0.1) is 0 Å². The van der Waals surface area contributed by atoms with Crippen molar-refractivity contribution in [3.63, 3.8) is 0 Å². The van der Waals surface area contributed by atoms with Crippen molar-refractivity contribution in [2.24, 2.45) is 0 Å². The van der Waals surface area contributed by atoms with Crippen LogP contribution >= 0.6 is 23.5 Å². The largest absolute Gasteiger partial charge is 0.335 e. The second kappa shape index (κ2) is 6.90. The SMILES string of the molecule is CCCCCC1(Cn2ccnc2)SCC(CC)S1. The number of hydrogen-bond acceptors (Lipinski definition) is 3. The molecule has 1 aromatic rings. The van der Waals surface area contributed by atoms with E-state index in [2.05, 4.69) is 53.1 Å². The molecule has 1 aliphatic rings. The summed E-state index contributed by atoms with van der Waals surface area (Å²) in [5, 5.41) is 0.847.